The molecule has 1 aromatic heterocycles. The van der Waals surface area contributed by atoms with Crippen LogP contribution in [-0.2, 0) is 0 Å². The van der Waals surface area contributed by atoms with E-state index in [1.54, 1.807) is 0 Å². The van der Waals surface area contributed by atoms with Gasteiger partial charge in [0.2, 0.25) is 11.6 Å². The van der Waals surface area contributed by atoms with Crippen molar-refractivity contribution in [1.82, 2.24) is 9.97 Å². The predicted molar refractivity (Wildman–Crippen MR) is 72.8 cm³/mol. The van der Waals surface area contributed by atoms with Gasteiger partial charge in [-0.3, -0.25) is 10.1 Å². The molecule has 104 valence electrons. The minimum atomic E-state index is -0.547. The molecule has 0 aliphatic heterocycles. The quantitative estimate of drug-likeness (QED) is 0.464. The van der Waals surface area contributed by atoms with Crippen molar-refractivity contribution in [2.75, 3.05) is 17.6 Å². The van der Waals surface area contributed by atoms with E-state index in [1.807, 2.05) is 0 Å². The Kier molecular flexibility index (Phi) is 4.48. The van der Waals surface area contributed by atoms with Crippen LogP contribution in [-0.4, -0.2) is 21.4 Å². The Bertz CT molecular complexity index is 446. The topological polar surface area (TPSA) is 107 Å². The van der Waals surface area contributed by atoms with Gasteiger partial charge in [0.1, 0.15) is 6.33 Å². The van der Waals surface area contributed by atoms with E-state index in [9.17, 15) is 10.1 Å². The number of hydrogen-bond donors (Lipinski definition) is 2. The second kappa shape index (κ2) is 6.31. The average Bonchev–Trinajstić information content (AvgIpc) is 2.87. The largest absolute Gasteiger partial charge is 0.378 e. The maximum absolute atomic E-state index is 10.9. The van der Waals surface area contributed by atoms with Crippen LogP contribution in [0.4, 0.5) is 17.3 Å². The third-order valence-corrected chi connectivity index (χ3v) is 3.59. The number of nitro groups is 1. The van der Waals surface area contributed by atoms with E-state index < -0.39 is 4.92 Å². The first-order valence-corrected chi connectivity index (χ1v) is 6.67. The van der Waals surface area contributed by atoms with Crippen molar-refractivity contribution in [2.45, 2.75) is 38.5 Å². The lowest BCUT2D eigenvalue weighted by Gasteiger charge is -2.09. The minimum Gasteiger partial charge on any atom is -0.378 e. The van der Waals surface area contributed by atoms with Gasteiger partial charge in [0, 0.05) is 6.54 Å². The monoisotopic (exact) mass is 265 g/mol. The standard InChI is InChI=1S/C12H19N5O2/c13-11-10(17(18)19)12(16-8-15-11)14-7-3-6-9-4-1-2-5-9/h8-9H,1-7H2,(H3,13,14,15,16). The molecule has 1 saturated carbocycles. The van der Waals surface area contributed by atoms with Gasteiger partial charge in [-0.2, -0.15) is 0 Å². The molecule has 2 rings (SSSR count). The fraction of sp³-hybridized carbons (Fsp3) is 0.667. The first-order valence-electron chi connectivity index (χ1n) is 6.67. The summed E-state index contributed by atoms with van der Waals surface area (Å²) in [4.78, 5) is 17.9. The zero-order valence-corrected chi connectivity index (χ0v) is 10.8. The van der Waals surface area contributed by atoms with Crippen LogP contribution in [0, 0.1) is 16.0 Å². The smallest absolute Gasteiger partial charge is 0.352 e. The lowest BCUT2D eigenvalue weighted by atomic mass is 10.0. The highest BCUT2D eigenvalue weighted by Gasteiger charge is 2.20. The molecule has 1 fully saturated rings. The van der Waals surface area contributed by atoms with Crippen LogP contribution >= 0.6 is 0 Å². The summed E-state index contributed by atoms with van der Waals surface area (Å²) in [5, 5.41) is 13.9. The summed E-state index contributed by atoms with van der Waals surface area (Å²) in [6, 6.07) is 0. The SMILES string of the molecule is Nc1ncnc(NCCCC2CCCC2)c1[N+](=O)[O-]. The highest BCUT2D eigenvalue weighted by Crippen LogP contribution is 2.29. The van der Waals surface area contributed by atoms with Crippen LogP contribution in [0.3, 0.4) is 0 Å². The fourth-order valence-corrected chi connectivity index (χ4v) is 2.60. The van der Waals surface area contributed by atoms with E-state index in [0.717, 1.165) is 12.3 Å². The number of anilines is 2. The van der Waals surface area contributed by atoms with Crippen molar-refractivity contribution < 1.29 is 4.92 Å². The number of nitrogens with zero attached hydrogens (tertiary/aromatic N) is 3. The van der Waals surface area contributed by atoms with Crippen molar-refractivity contribution in [3.05, 3.63) is 16.4 Å². The van der Waals surface area contributed by atoms with E-state index >= 15 is 0 Å². The second-order valence-electron chi connectivity index (χ2n) is 4.93. The van der Waals surface area contributed by atoms with Crippen molar-refractivity contribution in [2.24, 2.45) is 5.92 Å². The molecule has 0 unspecified atom stereocenters. The van der Waals surface area contributed by atoms with E-state index in [1.165, 1.54) is 38.4 Å². The van der Waals surface area contributed by atoms with Gasteiger partial charge in [-0.05, 0) is 18.8 Å². The number of nitrogens with two attached hydrogens (primary N) is 1. The molecule has 0 amide bonds. The molecule has 0 radical (unpaired) electrons. The molecule has 1 aromatic rings. The Hall–Kier alpha value is -1.92. The van der Waals surface area contributed by atoms with Gasteiger partial charge in [0.05, 0.1) is 4.92 Å². The van der Waals surface area contributed by atoms with Crippen molar-refractivity contribution in [3.8, 4) is 0 Å². The maximum atomic E-state index is 10.9. The molecule has 7 nitrogen and oxygen atoms in total. The Labute approximate surface area is 111 Å². The van der Waals surface area contributed by atoms with Gasteiger partial charge in [0.25, 0.3) is 0 Å². The van der Waals surface area contributed by atoms with Gasteiger partial charge in [-0.1, -0.05) is 25.7 Å². The van der Waals surface area contributed by atoms with Crippen LogP contribution < -0.4 is 11.1 Å². The average molecular weight is 265 g/mol. The third-order valence-electron chi connectivity index (χ3n) is 3.59. The summed E-state index contributed by atoms with van der Waals surface area (Å²) < 4.78 is 0. The molecule has 0 saturated heterocycles. The molecule has 1 aliphatic rings. The van der Waals surface area contributed by atoms with Gasteiger partial charge in [-0.25, -0.2) is 9.97 Å². The first-order chi connectivity index (χ1) is 9.18. The summed E-state index contributed by atoms with van der Waals surface area (Å²) in [6.07, 6.45) is 8.72. The lowest BCUT2D eigenvalue weighted by molar-refractivity contribution is -0.383. The molecule has 1 heterocycles. The zero-order chi connectivity index (χ0) is 13.7. The highest BCUT2D eigenvalue weighted by atomic mass is 16.6. The van der Waals surface area contributed by atoms with Crippen LogP contribution in [0.15, 0.2) is 6.33 Å². The summed E-state index contributed by atoms with van der Waals surface area (Å²) in [6.45, 7) is 0.674. The molecule has 0 bridgehead atoms. The first kappa shape index (κ1) is 13.5. The number of nitrogens with one attached hydrogen (secondary N) is 1. The number of aromatic nitrogens is 2. The number of rotatable bonds is 6. The van der Waals surface area contributed by atoms with Gasteiger partial charge >= 0.3 is 5.69 Å². The Morgan fingerprint density at radius 2 is 2.16 bits per heavy atom. The molecule has 0 aromatic carbocycles. The van der Waals surface area contributed by atoms with Crippen molar-refractivity contribution in [3.63, 3.8) is 0 Å². The molecule has 19 heavy (non-hydrogen) atoms. The molecular formula is C12H19N5O2. The number of hydrogen-bond acceptors (Lipinski definition) is 6. The summed E-state index contributed by atoms with van der Waals surface area (Å²) >= 11 is 0. The fourth-order valence-electron chi connectivity index (χ4n) is 2.60. The van der Waals surface area contributed by atoms with E-state index in [0.29, 0.717) is 6.54 Å². The zero-order valence-electron chi connectivity index (χ0n) is 10.8. The lowest BCUT2D eigenvalue weighted by Crippen LogP contribution is -2.10. The summed E-state index contributed by atoms with van der Waals surface area (Å²) in [5.41, 5.74) is 5.26. The van der Waals surface area contributed by atoms with Crippen LogP contribution in [0.1, 0.15) is 38.5 Å². The Morgan fingerprint density at radius 1 is 1.42 bits per heavy atom. The number of nitrogen functional groups attached to an aromatic ring is 1. The molecular weight excluding hydrogens is 246 g/mol. The summed E-state index contributed by atoms with van der Waals surface area (Å²) in [5.74, 6) is 0.939. The minimum absolute atomic E-state index is 0.0988. The Balaban J connectivity index is 1.85. The van der Waals surface area contributed by atoms with Crippen LogP contribution in [0.25, 0.3) is 0 Å². The maximum Gasteiger partial charge on any atom is 0.352 e. The molecule has 7 heteroatoms. The normalized spacial score (nSPS) is 15.6. The summed E-state index contributed by atoms with van der Waals surface area (Å²) in [7, 11) is 0. The van der Waals surface area contributed by atoms with Gasteiger partial charge < -0.3 is 11.1 Å². The molecule has 0 atom stereocenters. The Morgan fingerprint density at radius 3 is 2.84 bits per heavy atom. The van der Waals surface area contributed by atoms with E-state index in [2.05, 4.69) is 15.3 Å². The van der Waals surface area contributed by atoms with E-state index in [-0.39, 0.29) is 17.3 Å². The molecule has 0 spiro atoms. The van der Waals surface area contributed by atoms with Gasteiger partial charge in [0.15, 0.2) is 0 Å². The van der Waals surface area contributed by atoms with Crippen LogP contribution in [0.5, 0.6) is 0 Å². The van der Waals surface area contributed by atoms with Gasteiger partial charge in [-0.15, -0.1) is 0 Å². The van der Waals surface area contributed by atoms with Crippen molar-refractivity contribution in [1.29, 1.82) is 0 Å². The van der Waals surface area contributed by atoms with Crippen molar-refractivity contribution >= 4 is 17.3 Å². The molecule has 3 N–H and O–H groups in total. The highest BCUT2D eigenvalue weighted by molar-refractivity contribution is 5.67. The molecule has 1 aliphatic carbocycles. The predicted octanol–water partition coefficient (Wildman–Crippen LogP) is 2.35. The third kappa shape index (κ3) is 3.52. The van der Waals surface area contributed by atoms with Crippen LogP contribution in [0.2, 0.25) is 0 Å². The second-order valence-corrected chi connectivity index (χ2v) is 4.93. The van der Waals surface area contributed by atoms with E-state index in [4.69, 9.17) is 5.73 Å².